The van der Waals surface area contributed by atoms with E-state index in [1.54, 1.807) is 26.2 Å². The summed E-state index contributed by atoms with van der Waals surface area (Å²) in [5, 5.41) is 9.24. The molecule has 20 heavy (non-hydrogen) atoms. The van der Waals surface area contributed by atoms with Gasteiger partial charge in [-0.3, -0.25) is 10.1 Å². The van der Waals surface area contributed by atoms with Crippen LogP contribution >= 0.6 is 0 Å². The lowest BCUT2D eigenvalue weighted by Crippen LogP contribution is -2.17. The van der Waals surface area contributed by atoms with Crippen LogP contribution in [0.1, 0.15) is 41.8 Å². The molecule has 0 radical (unpaired) electrons. The standard InChI is InChI=1S/C13H17N5O2/c1-7(2)12-15-6-9(14-4)11(17-12)13(19)16-10-5-8(3)18-20-10/h5-7,14H,1-4H3,(H,16,19). The first-order chi connectivity index (χ1) is 9.51. The smallest absolute Gasteiger partial charge is 0.278 e. The van der Waals surface area contributed by atoms with Crippen LogP contribution in [0.25, 0.3) is 0 Å². The average molecular weight is 275 g/mol. The van der Waals surface area contributed by atoms with E-state index < -0.39 is 0 Å². The lowest BCUT2D eigenvalue weighted by Gasteiger charge is -2.10. The monoisotopic (exact) mass is 275 g/mol. The van der Waals surface area contributed by atoms with Crippen LogP contribution in [-0.4, -0.2) is 28.1 Å². The van der Waals surface area contributed by atoms with Gasteiger partial charge >= 0.3 is 0 Å². The molecule has 2 aromatic heterocycles. The van der Waals surface area contributed by atoms with E-state index in [0.29, 0.717) is 23.1 Å². The summed E-state index contributed by atoms with van der Waals surface area (Å²) in [7, 11) is 1.71. The van der Waals surface area contributed by atoms with Crippen LogP contribution in [0, 0.1) is 6.92 Å². The molecule has 106 valence electrons. The first-order valence-electron chi connectivity index (χ1n) is 6.30. The minimum absolute atomic E-state index is 0.139. The fourth-order valence-electron chi connectivity index (χ4n) is 1.62. The van der Waals surface area contributed by atoms with E-state index >= 15 is 0 Å². The van der Waals surface area contributed by atoms with Crippen LogP contribution in [0.5, 0.6) is 0 Å². The summed E-state index contributed by atoms with van der Waals surface area (Å²) in [5.74, 6) is 0.678. The Morgan fingerprint density at radius 1 is 1.40 bits per heavy atom. The Morgan fingerprint density at radius 2 is 2.15 bits per heavy atom. The van der Waals surface area contributed by atoms with Crippen molar-refractivity contribution >= 4 is 17.5 Å². The van der Waals surface area contributed by atoms with Gasteiger partial charge in [-0.25, -0.2) is 9.97 Å². The normalized spacial score (nSPS) is 10.7. The third kappa shape index (κ3) is 2.93. The van der Waals surface area contributed by atoms with Crippen molar-refractivity contribution in [1.29, 1.82) is 0 Å². The van der Waals surface area contributed by atoms with Crippen LogP contribution in [0.3, 0.4) is 0 Å². The molecule has 0 saturated carbocycles. The van der Waals surface area contributed by atoms with E-state index in [-0.39, 0.29) is 17.5 Å². The van der Waals surface area contributed by atoms with Gasteiger partial charge in [0.2, 0.25) is 5.88 Å². The Hall–Kier alpha value is -2.44. The highest BCUT2D eigenvalue weighted by Crippen LogP contribution is 2.18. The quantitative estimate of drug-likeness (QED) is 0.888. The van der Waals surface area contributed by atoms with Crippen molar-refractivity contribution in [2.75, 3.05) is 17.7 Å². The van der Waals surface area contributed by atoms with Gasteiger partial charge < -0.3 is 9.84 Å². The van der Waals surface area contributed by atoms with E-state index in [4.69, 9.17) is 4.52 Å². The molecule has 0 atom stereocenters. The molecule has 0 fully saturated rings. The van der Waals surface area contributed by atoms with E-state index in [2.05, 4.69) is 25.8 Å². The summed E-state index contributed by atoms with van der Waals surface area (Å²) in [6, 6.07) is 1.64. The van der Waals surface area contributed by atoms with Crippen molar-refractivity contribution in [3.05, 3.63) is 29.5 Å². The molecule has 2 heterocycles. The molecule has 0 aromatic carbocycles. The number of amides is 1. The molecule has 0 saturated heterocycles. The van der Waals surface area contributed by atoms with Crippen LogP contribution in [-0.2, 0) is 0 Å². The zero-order valence-electron chi connectivity index (χ0n) is 11.9. The molecule has 2 N–H and O–H groups in total. The molecule has 0 spiro atoms. The molecule has 0 aliphatic rings. The van der Waals surface area contributed by atoms with Crippen molar-refractivity contribution < 1.29 is 9.32 Å². The first kappa shape index (κ1) is 14.0. The van der Waals surface area contributed by atoms with Gasteiger partial charge in [0.25, 0.3) is 5.91 Å². The van der Waals surface area contributed by atoms with Crippen LogP contribution in [0.2, 0.25) is 0 Å². The Morgan fingerprint density at radius 3 is 2.70 bits per heavy atom. The Labute approximate surface area is 116 Å². The number of carbonyl (C=O) groups is 1. The summed E-state index contributed by atoms with van der Waals surface area (Å²) >= 11 is 0. The topological polar surface area (TPSA) is 92.9 Å². The molecular weight excluding hydrogens is 258 g/mol. The lowest BCUT2D eigenvalue weighted by atomic mass is 10.2. The van der Waals surface area contributed by atoms with Crippen LogP contribution in [0.4, 0.5) is 11.6 Å². The molecule has 0 bridgehead atoms. The summed E-state index contributed by atoms with van der Waals surface area (Å²) in [4.78, 5) is 20.8. The molecule has 0 unspecified atom stereocenters. The second-order valence-corrected chi connectivity index (χ2v) is 4.68. The number of aryl methyl sites for hydroxylation is 1. The molecule has 2 rings (SSSR count). The van der Waals surface area contributed by atoms with Crippen molar-refractivity contribution in [3.8, 4) is 0 Å². The zero-order valence-corrected chi connectivity index (χ0v) is 11.9. The van der Waals surface area contributed by atoms with Crippen molar-refractivity contribution in [3.63, 3.8) is 0 Å². The highest BCUT2D eigenvalue weighted by atomic mass is 16.5. The van der Waals surface area contributed by atoms with Crippen molar-refractivity contribution in [1.82, 2.24) is 15.1 Å². The van der Waals surface area contributed by atoms with Gasteiger partial charge in [0, 0.05) is 19.0 Å². The fourth-order valence-corrected chi connectivity index (χ4v) is 1.62. The number of rotatable bonds is 4. The van der Waals surface area contributed by atoms with Crippen molar-refractivity contribution in [2.45, 2.75) is 26.7 Å². The molecule has 7 heteroatoms. The number of anilines is 2. The molecule has 0 aliphatic heterocycles. The maximum atomic E-state index is 12.2. The molecule has 7 nitrogen and oxygen atoms in total. The summed E-state index contributed by atoms with van der Waals surface area (Å²) in [6.07, 6.45) is 1.60. The number of nitrogens with one attached hydrogen (secondary N) is 2. The predicted octanol–water partition coefficient (Wildman–Crippen LogP) is 2.19. The maximum Gasteiger partial charge on any atom is 0.278 e. The van der Waals surface area contributed by atoms with E-state index in [0.717, 1.165) is 0 Å². The van der Waals surface area contributed by atoms with Gasteiger partial charge in [0.1, 0.15) is 5.82 Å². The van der Waals surface area contributed by atoms with Gasteiger partial charge in [0.15, 0.2) is 5.69 Å². The molecule has 1 amide bonds. The Balaban J connectivity index is 2.29. The third-order valence-electron chi connectivity index (χ3n) is 2.67. The highest BCUT2D eigenvalue weighted by Gasteiger charge is 2.17. The molecule has 2 aromatic rings. The number of hydrogen-bond donors (Lipinski definition) is 2. The van der Waals surface area contributed by atoms with E-state index in [9.17, 15) is 4.79 Å². The van der Waals surface area contributed by atoms with E-state index in [1.807, 2.05) is 13.8 Å². The third-order valence-corrected chi connectivity index (χ3v) is 2.67. The zero-order chi connectivity index (χ0) is 14.7. The van der Waals surface area contributed by atoms with Crippen LogP contribution in [0.15, 0.2) is 16.8 Å². The van der Waals surface area contributed by atoms with Gasteiger partial charge in [-0.2, -0.15) is 0 Å². The number of carbonyl (C=O) groups excluding carboxylic acids is 1. The maximum absolute atomic E-state index is 12.2. The predicted molar refractivity (Wildman–Crippen MR) is 74.9 cm³/mol. The minimum atomic E-state index is -0.366. The number of aromatic nitrogens is 3. The summed E-state index contributed by atoms with van der Waals surface area (Å²) in [5.41, 5.74) is 1.53. The second kappa shape index (κ2) is 5.68. The molecular formula is C13H17N5O2. The van der Waals surface area contributed by atoms with E-state index in [1.165, 1.54) is 0 Å². The highest BCUT2D eigenvalue weighted by molar-refractivity contribution is 6.05. The largest absolute Gasteiger partial charge is 0.385 e. The van der Waals surface area contributed by atoms with Gasteiger partial charge in [-0.1, -0.05) is 19.0 Å². The Kier molecular flexibility index (Phi) is 3.97. The molecule has 0 aliphatic carbocycles. The minimum Gasteiger partial charge on any atom is -0.385 e. The average Bonchev–Trinajstić information content (AvgIpc) is 2.83. The van der Waals surface area contributed by atoms with Gasteiger partial charge in [-0.15, -0.1) is 0 Å². The van der Waals surface area contributed by atoms with Gasteiger partial charge in [-0.05, 0) is 6.92 Å². The fraction of sp³-hybridized carbons (Fsp3) is 0.385. The van der Waals surface area contributed by atoms with Crippen LogP contribution < -0.4 is 10.6 Å². The second-order valence-electron chi connectivity index (χ2n) is 4.68. The lowest BCUT2D eigenvalue weighted by molar-refractivity contribution is 0.101. The SMILES string of the molecule is CNc1cnc(C(C)C)nc1C(=O)Nc1cc(C)no1. The van der Waals surface area contributed by atoms with Gasteiger partial charge in [0.05, 0.1) is 17.6 Å². The first-order valence-corrected chi connectivity index (χ1v) is 6.30. The Bertz CT molecular complexity index is 621. The number of nitrogens with zero attached hydrogens (tertiary/aromatic N) is 3. The van der Waals surface area contributed by atoms with Crippen molar-refractivity contribution in [2.24, 2.45) is 0 Å². The summed E-state index contributed by atoms with van der Waals surface area (Å²) < 4.78 is 4.96. The summed E-state index contributed by atoms with van der Waals surface area (Å²) in [6.45, 7) is 5.71. The number of hydrogen-bond acceptors (Lipinski definition) is 6.